The Labute approximate surface area is 78.9 Å². The van der Waals surface area contributed by atoms with Gasteiger partial charge in [-0.2, -0.15) is 0 Å². The summed E-state index contributed by atoms with van der Waals surface area (Å²) in [7, 11) is -1.91. The van der Waals surface area contributed by atoms with Crippen molar-refractivity contribution in [1.29, 1.82) is 0 Å². The van der Waals surface area contributed by atoms with Crippen LogP contribution < -0.4 is 4.65 Å². The van der Waals surface area contributed by atoms with E-state index in [-0.39, 0.29) is 16.1 Å². The molecular weight excluding hydrogens is 204 g/mol. The van der Waals surface area contributed by atoms with Gasteiger partial charge in [0.15, 0.2) is 5.15 Å². The van der Waals surface area contributed by atoms with Gasteiger partial charge >= 0.3 is 7.32 Å². The predicted octanol–water partition coefficient (Wildman–Crippen LogP) is 0.737. The van der Waals surface area contributed by atoms with Crippen LogP contribution in [0.4, 0.5) is 0 Å². The smallest absolute Gasteiger partial charge is 0.509 e. The molecule has 0 bridgehead atoms. The molecule has 0 saturated heterocycles. The Morgan fingerprint density at radius 3 is 2.50 bits per heavy atom. The number of halogens is 2. The fourth-order valence-corrected chi connectivity index (χ4v) is 0.990. The maximum Gasteiger partial charge on any atom is 0.707 e. The standard InChI is InChI=1S/C5H4BCl2NO3/c7-4-2-1-3(5(8)9-4)12-6(10)11/h1-2,10-11H. The van der Waals surface area contributed by atoms with Gasteiger partial charge in [0.25, 0.3) is 0 Å². The van der Waals surface area contributed by atoms with Gasteiger partial charge in [-0.3, -0.25) is 0 Å². The van der Waals surface area contributed by atoms with Crippen LogP contribution in [0.15, 0.2) is 12.1 Å². The molecule has 7 heteroatoms. The van der Waals surface area contributed by atoms with Crippen LogP contribution in [-0.2, 0) is 0 Å². The van der Waals surface area contributed by atoms with Crippen LogP contribution >= 0.6 is 23.2 Å². The van der Waals surface area contributed by atoms with Crippen molar-refractivity contribution < 1.29 is 14.7 Å². The zero-order valence-corrected chi connectivity index (χ0v) is 7.25. The average Bonchev–Trinajstić information content (AvgIpc) is 1.94. The molecule has 0 aromatic carbocycles. The number of nitrogens with zero attached hydrogens (tertiary/aromatic N) is 1. The molecule has 0 atom stereocenters. The summed E-state index contributed by atoms with van der Waals surface area (Å²) in [6.07, 6.45) is 0. The normalized spacial score (nSPS) is 9.67. The summed E-state index contributed by atoms with van der Waals surface area (Å²) in [6.45, 7) is 0. The van der Waals surface area contributed by atoms with E-state index in [2.05, 4.69) is 9.64 Å². The lowest BCUT2D eigenvalue weighted by Crippen LogP contribution is -2.20. The zero-order valence-electron chi connectivity index (χ0n) is 5.74. The van der Waals surface area contributed by atoms with Crippen LogP contribution in [0.1, 0.15) is 0 Å². The lowest BCUT2D eigenvalue weighted by Gasteiger charge is -2.04. The Morgan fingerprint density at radius 2 is 2.00 bits per heavy atom. The first kappa shape index (κ1) is 9.60. The predicted molar refractivity (Wildman–Crippen MR) is 45.1 cm³/mol. The van der Waals surface area contributed by atoms with E-state index in [0.717, 1.165) is 0 Å². The van der Waals surface area contributed by atoms with Gasteiger partial charge in [0, 0.05) is 0 Å². The van der Waals surface area contributed by atoms with Crippen LogP contribution in [0.5, 0.6) is 5.75 Å². The fourth-order valence-electron chi connectivity index (χ4n) is 0.601. The van der Waals surface area contributed by atoms with Crippen molar-refractivity contribution in [3.63, 3.8) is 0 Å². The van der Waals surface area contributed by atoms with E-state index in [1.54, 1.807) is 0 Å². The molecule has 1 heterocycles. The summed E-state index contributed by atoms with van der Waals surface area (Å²) < 4.78 is 4.46. The maximum absolute atomic E-state index is 8.41. The highest BCUT2D eigenvalue weighted by atomic mass is 35.5. The van der Waals surface area contributed by atoms with Gasteiger partial charge in [0.05, 0.1) is 0 Å². The first-order valence-electron chi connectivity index (χ1n) is 2.94. The Kier molecular flexibility index (Phi) is 3.16. The minimum atomic E-state index is -1.91. The van der Waals surface area contributed by atoms with Gasteiger partial charge in [-0.05, 0) is 12.1 Å². The van der Waals surface area contributed by atoms with Crippen LogP contribution in [-0.4, -0.2) is 22.4 Å². The Morgan fingerprint density at radius 1 is 1.33 bits per heavy atom. The Balaban J connectivity index is 2.86. The van der Waals surface area contributed by atoms with Crippen molar-refractivity contribution in [2.45, 2.75) is 0 Å². The average molecular weight is 208 g/mol. The highest BCUT2D eigenvalue weighted by Gasteiger charge is 2.14. The molecule has 0 radical (unpaired) electrons. The third-order valence-electron chi connectivity index (χ3n) is 1.01. The van der Waals surface area contributed by atoms with E-state index in [9.17, 15) is 0 Å². The molecule has 1 rings (SSSR count). The molecule has 1 aromatic heterocycles. The highest BCUT2D eigenvalue weighted by Crippen LogP contribution is 2.23. The van der Waals surface area contributed by atoms with Crippen LogP contribution in [0.25, 0.3) is 0 Å². The van der Waals surface area contributed by atoms with Crippen molar-refractivity contribution in [1.82, 2.24) is 4.98 Å². The molecule has 4 nitrogen and oxygen atoms in total. The number of pyridine rings is 1. The van der Waals surface area contributed by atoms with Gasteiger partial charge in [-0.15, -0.1) is 0 Å². The second kappa shape index (κ2) is 3.95. The summed E-state index contributed by atoms with van der Waals surface area (Å²) in [4.78, 5) is 3.61. The highest BCUT2D eigenvalue weighted by molar-refractivity contribution is 6.36. The SMILES string of the molecule is OB(O)Oc1ccc(Cl)nc1Cl. The van der Waals surface area contributed by atoms with Crippen LogP contribution in [0, 0.1) is 0 Å². The summed E-state index contributed by atoms with van der Waals surface area (Å²) >= 11 is 11.0. The van der Waals surface area contributed by atoms with E-state index in [1.165, 1.54) is 12.1 Å². The van der Waals surface area contributed by atoms with Crippen molar-refractivity contribution in [2.75, 3.05) is 0 Å². The molecule has 0 spiro atoms. The van der Waals surface area contributed by atoms with Crippen molar-refractivity contribution >= 4 is 30.5 Å². The molecule has 0 aliphatic carbocycles. The molecule has 0 aliphatic rings. The molecule has 1 aromatic rings. The topological polar surface area (TPSA) is 62.6 Å². The maximum atomic E-state index is 8.41. The van der Waals surface area contributed by atoms with Gasteiger partial charge < -0.3 is 14.7 Å². The van der Waals surface area contributed by atoms with E-state index < -0.39 is 7.32 Å². The van der Waals surface area contributed by atoms with E-state index >= 15 is 0 Å². The summed E-state index contributed by atoms with van der Waals surface area (Å²) in [6, 6.07) is 2.81. The van der Waals surface area contributed by atoms with E-state index in [1.807, 2.05) is 0 Å². The Bertz CT molecular complexity index is 283. The molecule has 2 N–H and O–H groups in total. The molecule has 64 valence electrons. The molecule has 0 amide bonds. The second-order valence-corrected chi connectivity index (χ2v) is 2.61. The molecular formula is C5H4BCl2NO3. The largest absolute Gasteiger partial charge is 0.707 e. The zero-order chi connectivity index (χ0) is 9.14. The summed E-state index contributed by atoms with van der Waals surface area (Å²) in [5, 5.41) is 17.0. The first-order valence-corrected chi connectivity index (χ1v) is 3.70. The molecule has 12 heavy (non-hydrogen) atoms. The van der Waals surface area contributed by atoms with E-state index in [4.69, 9.17) is 33.2 Å². The summed E-state index contributed by atoms with van der Waals surface area (Å²) in [5.41, 5.74) is 0. The minimum absolute atomic E-state index is 0.0180. The number of rotatable bonds is 2. The number of hydrogen-bond acceptors (Lipinski definition) is 4. The quantitative estimate of drug-likeness (QED) is 0.555. The molecule has 0 aliphatic heterocycles. The first-order chi connectivity index (χ1) is 5.59. The lowest BCUT2D eigenvalue weighted by atomic mass is 10.2. The molecule has 0 saturated carbocycles. The monoisotopic (exact) mass is 207 g/mol. The van der Waals surface area contributed by atoms with E-state index in [0.29, 0.717) is 0 Å². The van der Waals surface area contributed by atoms with Gasteiger partial charge in [-0.25, -0.2) is 4.98 Å². The van der Waals surface area contributed by atoms with Gasteiger partial charge in [-0.1, -0.05) is 23.2 Å². The van der Waals surface area contributed by atoms with Crippen molar-refractivity contribution in [2.24, 2.45) is 0 Å². The fraction of sp³-hybridized carbons (Fsp3) is 0. The molecule has 0 fully saturated rings. The van der Waals surface area contributed by atoms with Crippen molar-refractivity contribution in [3.05, 3.63) is 22.4 Å². The van der Waals surface area contributed by atoms with Gasteiger partial charge in [0.2, 0.25) is 0 Å². The number of hydrogen-bond donors (Lipinski definition) is 2. The van der Waals surface area contributed by atoms with Crippen LogP contribution in [0.2, 0.25) is 10.3 Å². The van der Waals surface area contributed by atoms with Gasteiger partial charge in [0.1, 0.15) is 10.9 Å². The third kappa shape index (κ3) is 2.53. The summed E-state index contributed by atoms with van der Waals surface area (Å²) in [5.74, 6) is 0.0658. The number of aromatic nitrogens is 1. The minimum Gasteiger partial charge on any atom is -0.509 e. The van der Waals surface area contributed by atoms with Crippen molar-refractivity contribution in [3.8, 4) is 5.75 Å². The Hall–Kier alpha value is -0.485. The van der Waals surface area contributed by atoms with Crippen LogP contribution in [0.3, 0.4) is 0 Å². The second-order valence-electron chi connectivity index (χ2n) is 1.87. The molecule has 0 unspecified atom stereocenters. The lowest BCUT2D eigenvalue weighted by molar-refractivity contribution is 0.288. The third-order valence-corrected chi connectivity index (χ3v) is 1.49.